The monoisotopic (exact) mass is 320 g/mol. The maximum absolute atomic E-state index is 13.3. The summed E-state index contributed by atoms with van der Waals surface area (Å²) in [6, 6.07) is 4.73. The van der Waals surface area contributed by atoms with Crippen LogP contribution in [0, 0.1) is 12.7 Å². The lowest BCUT2D eigenvalue weighted by Gasteiger charge is -2.14. The number of H-pyrrole nitrogens is 1. The molecule has 0 spiro atoms. The number of carbonyl (C=O) groups excluding carboxylic acids is 1. The van der Waals surface area contributed by atoms with Gasteiger partial charge in [-0.25, -0.2) is 9.37 Å². The van der Waals surface area contributed by atoms with E-state index in [9.17, 15) is 9.18 Å². The number of benzene rings is 1. The van der Waals surface area contributed by atoms with Gasteiger partial charge in [-0.2, -0.15) is 0 Å². The first-order valence-electron chi connectivity index (χ1n) is 7.21. The molecule has 22 heavy (non-hydrogen) atoms. The second kappa shape index (κ2) is 6.48. The van der Waals surface area contributed by atoms with Gasteiger partial charge in [-0.15, -0.1) is 5.10 Å². The van der Waals surface area contributed by atoms with Gasteiger partial charge in [-0.1, -0.05) is 17.8 Å². The number of aromatic nitrogens is 3. The molecule has 2 aromatic rings. The average molecular weight is 320 g/mol. The first-order valence-corrected chi connectivity index (χ1v) is 8.20. The molecule has 1 aliphatic rings. The summed E-state index contributed by atoms with van der Waals surface area (Å²) >= 11 is 1.44. The van der Waals surface area contributed by atoms with Gasteiger partial charge in [0.05, 0.1) is 6.04 Å². The van der Waals surface area contributed by atoms with Crippen molar-refractivity contribution in [2.75, 3.05) is 5.75 Å². The highest BCUT2D eigenvalue weighted by molar-refractivity contribution is 7.99. The number of hydrogen-bond acceptors (Lipinski definition) is 4. The molecule has 1 atom stereocenters. The van der Waals surface area contributed by atoms with Crippen LogP contribution in [-0.4, -0.2) is 26.8 Å². The van der Waals surface area contributed by atoms with Crippen molar-refractivity contribution in [3.05, 3.63) is 41.0 Å². The van der Waals surface area contributed by atoms with Gasteiger partial charge in [-0.3, -0.25) is 9.89 Å². The number of rotatable bonds is 5. The lowest BCUT2D eigenvalue weighted by Crippen LogP contribution is -2.27. The summed E-state index contributed by atoms with van der Waals surface area (Å²) in [5, 5.41) is 10.4. The van der Waals surface area contributed by atoms with Crippen LogP contribution in [0.4, 0.5) is 4.39 Å². The molecule has 1 aliphatic carbocycles. The molecule has 1 unspecified atom stereocenters. The Labute approximate surface area is 132 Å². The number of hydrogen-bond donors (Lipinski definition) is 2. The first-order chi connectivity index (χ1) is 10.6. The molecular formula is C15H17FN4OS. The van der Waals surface area contributed by atoms with Crippen LogP contribution in [0.15, 0.2) is 23.4 Å². The molecule has 0 saturated heterocycles. The number of carbonyl (C=O) groups is 1. The van der Waals surface area contributed by atoms with Gasteiger partial charge in [0.2, 0.25) is 11.1 Å². The standard InChI is InChI=1S/C15H17FN4OS/c1-9-17-15(20-19-9)22-7-6-14(21)18-13-5-3-10-2-4-11(16)8-12(10)13/h2,4,8,13H,3,5-7H2,1H3,(H,18,21)(H,17,19,20). The lowest BCUT2D eigenvalue weighted by atomic mass is 10.1. The number of nitrogens with one attached hydrogen (secondary N) is 2. The predicted octanol–water partition coefficient (Wildman–Crippen LogP) is 2.54. The molecule has 0 radical (unpaired) electrons. The second-order valence-electron chi connectivity index (χ2n) is 5.30. The van der Waals surface area contributed by atoms with E-state index in [-0.39, 0.29) is 17.8 Å². The summed E-state index contributed by atoms with van der Waals surface area (Å²) in [6.07, 6.45) is 2.10. The zero-order chi connectivity index (χ0) is 15.5. The quantitative estimate of drug-likeness (QED) is 0.831. The third-order valence-electron chi connectivity index (χ3n) is 3.66. The molecule has 7 heteroatoms. The van der Waals surface area contributed by atoms with Crippen molar-refractivity contribution in [3.63, 3.8) is 0 Å². The van der Waals surface area contributed by atoms with E-state index in [1.54, 1.807) is 6.07 Å². The smallest absolute Gasteiger partial charge is 0.221 e. The van der Waals surface area contributed by atoms with E-state index in [0.29, 0.717) is 17.3 Å². The van der Waals surface area contributed by atoms with Crippen molar-refractivity contribution in [1.82, 2.24) is 20.5 Å². The van der Waals surface area contributed by atoms with Crippen LogP contribution >= 0.6 is 11.8 Å². The summed E-state index contributed by atoms with van der Waals surface area (Å²) in [4.78, 5) is 16.2. The fraction of sp³-hybridized carbons (Fsp3) is 0.400. The molecule has 1 aromatic heterocycles. The number of nitrogens with zero attached hydrogens (tertiary/aromatic N) is 2. The average Bonchev–Trinajstić information content (AvgIpc) is 3.06. The van der Waals surface area contributed by atoms with E-state index in [1.807, 2.05) is 6.92 Å². The highest BCUT2D eigenvalue weighted by atomic mass is 32.2. The third kappa shape index (κ3) is 3.47. The van der Waals surface area contributed by atoms with E-state index in [0.717, 1.165) is 29.8 Å². The molecule has 116 valence electrons. The molecule has 2 N–H and O–H groups in total. The van der Waals surface area contributed by atoms with Crippen LogP contribution in [0.2, 0.25) is 0 Å². The zero-order valence-corrected chi connectivity index (χ0v) is 13.0. The van der Waals surface area contributed by atoms with Gasteiger partial charge in [0, 0.05) is 12.2 Å². The van der Waals surface area contributed by atoms with Crippen molar-refractivity contribution < 1.29 is 9.18 Å². The SMILES string of the molecule is Cc1nc(SCCC(=O)NC2CCc3ccc(F)cc32)n[nH]1. The Balaban J connectivity index is 1.50. The summed E-state index contributed by atoms with van der Waals surface area (Å²) in [6.45, 7) is 1.83. The highest BCUT2D eigenvalue weighted by Gasteiger charge is 2.24. The molecule has 3 rings (SSSR count). The van der Waals surface area contributed by atoms with E-state index < -0.39 is 0 Å². The number of amides is 1. The minimum atomic E-state index is -0.254. The topological polar surface area (TPSA) is 70.7 Å². The summed E-state index contributed by atoms with van der Waals surface area (Å²) < 4.78 is 13.3. The molecule has 0 fully saturated rings. The van der Waals surface area contributed by atoms with E-state index in [4.69, 9.17) is 0 Å². The van der Waals surface area contributed by atoms with E-state index >= 15 is 0 Å². The van der Waals surface area contributed by atoms with Gasteiger partial charge in [-0.05, 0) is 43.0 Å². The van der Waals surface area contributed by atoms with Gasteiger partial charge in [0.1, 0.15) is 11.6 Å². The van der Waals surface area contributed by atoms with Crippen molar-refractivity contribution >= 4 is 17.7 Å². The number of thioether (sulfide) groups is 1. The number of fused-ring (bicyclic) bond motifs is 1. The largest absolute Gasteiger partial charge is 0.349 e. The van der Waals surface area contributed by atoms with E-state index in [1.165, 1.54) is 23.9 Å². The maximum Gasteiger partial charge on any atom is 0.221 e. The van der Waals surface area contributed by atoms with Crippen molar-refractivity contribution in [1.29, 1.82) is 0 Å². The van der Waals surface area contributed by atoms with Crippen molar-refractivity contribution in [2.45, 2.75) is 37.4 Å². The Morgan fingerprint density at radius 1 is 1.55 bits per heavy atom. The summed E-state index contributed by atoms with van der Waals surface area (Å²) in [5.74, 6) is 1.10. The van der Waals surface area contributed by atoms with Crippen LogP contribution in [0.1, 0.15) is 35.8 Å². The number of aryl methyl sites for hydroxylation is 2. The normalized spacial score (nSPS) is 16.5. The minimum absolute atomic E-state index is 0.0260. The third-order valence-corrected chi connectivity index (χ3v) is 4.51. The molecule has 5 nitrogen and oxygen atoms in total. The Kier molecular flexibility index (Phi) is 4.42. The maximum atomic E-state index is 13.3. The molecule has 1 heterocycles. The van der Waals surface area contributed by atoms with Crippen molar-refractivity contribution in [3.8, 4) is 0 Å². The molecular weight excluding hydrogens is 303 g/mol. The lowest BCUT2D eigenvalue weighted by molar-refractivity contribution is -0.121. The number of halogens is 1. The Morgan fingerprint density at radius 3 is 3.18 bits per heavy atom. The van der Waals surface area contributed by atoms with E-state index in [2.05, 4.69) is 20.5 Å². The van der Waals surface area contributed by atoms with Crippen LogP contribution < -0.4 is 5.32 Å². The summed E-state index contributed by atoms with van der Waals surface area (Å²) in [5.41, 5.74) is 2.03. The van der Waals surface area contributed by atoms with Crippen LogP contribution in [0.25, 0.3) is 0 Å². The van der Waals surface area contributed by atoms with Gasteiger partial charge < -0.3 is 5.32 Å². The molecule has 0 bridgehead atoms. The fourth-order valence-electron chi connectivity index (χ4n) is 2.61. The minimum Gasteiger partial charge on any atom is -0.349 e. The fourth-order valence-corrected chi connectivity index (χ4v) is 3.39. The Hall–Kier alpha value is -1.89. The predicted molar refractivity (Wildman–Crippen MR) is 82.1 cm³/mol. The molecule has 1 aromatic carbocycles. The Morgan fingerprint density at radius 2 is 2.41 bits per heavy atom. The molecule has 0 aliphatic heterocycles. The summed E-state index contributed by atoms with van der Waals surface area (Å²) in [7, 11) is 0. The molecule has 0 saturated carbocycles. The zero-order valence-electron chi connectivity index (χ0n) is 12.2. The van der Waals surface area contributed by atoms with Gasteiger partial charge in [0.25, 0.3) is 0 Å². The van der Waals surface area contributed by atoms with Gasteiger partial charge in [0.15, 0.2) is 0 Å². The van der Waals surface area contributed by atoms with Crippen LogP contribution in [0.3, 0.4) is 0 Å². The van der Waals surface area contributed by atoms with Crippen LogP contribution in [0.5, 0.6) is 0 Å². The van der Waals surface area contributed by atoms with Gasteiger partial charge >= 0.3 is 0 Å². The number of aromatic amines is 1. The second-order valence-corrected chi connectivity index (χ2v) is 6.37. The van der Waals surface area contributed by atoms with Crippen LogP contribution in [-0.2, 0) is 11.2 Å². The molecule has 1 amide bonds. The van der Waals surface area contributed by atoms with Crippen molar-refractivity contribution in [2.24, 2.45) is 0 Å². The highest BCUT2D eigenvalue weighted by Crippen LogP contribution is 2.31. The Bertz CT molecular complexity index is 688. The first kappa shape index (κ1) is 15.0.